The Labute approximate surface area is 122 Å². The molecule has 1 aromatic rings. The highest BCUT2D eigenvalue weighted by molar-refractivity contribution is 5.92. The van der Waals surface area contributed by atoms with Crippen LogP contribution in [0.1, 0.15) is 23.7 Å². The van der Waals surface area contributed by atoms with Crippen LogP contribution in [0.3, 0.4) is 0 Å². The number of carboxylic acids is 1. The van der Waals surface area contributed by atoms with Crippen molar-refractivity contribution in [1.29, 1.82) is 0 Å². The number of nitro groups is 1. The summed E-state index contributed by atoms with van der Waals surface area (Å²) in [4.78, 5) is 24.8. The van der Waals surface area contributed by atoms with Gasteiger partial charge in [0.05, 0.1) is 49.2 Å². The molecule has 1 aliphatic rings. The highest BCUT2D eigenvalue weighted by atomic mass is 16.6. The zero-order valence-electron chi connectivity index (χ0n) is 12.0. The molecular weight excluding hydrogens is 274 g/mol. The SMILES string of the molecule is CCC[NH+]1CCN(c2ccc([N+](=O)[O-])c(C(=O)[O-])c2)CC1. The van der Waals surface area contributed by atoms with Gasteiger partial charge in [-0.2, -0.15) is 0 Å². The Morgan fingerprint density at radius 1 is 1.38 bits per heavy atom. The van der Waals surface area contributed by atoms with Crippen LogP contribution in [0.25, 0.3) is 0 Å². The minimum Gasteiger partial charge on any atom is -0.545 e. The fourth-order valence-corrected chi connectivity index (χ4v) is 2.73. The van der Waals surface area contributed by atoms with E-state index < -0.39 is 16.6 Å². The number of benzene rings is 1. The van der Waals surface area contributed by atoms with Gasteiger partial charge in [0.15, 0.2) is 0 Å². The molecule has 114 valence electrons. The molecular formula is C14H19N3O4. The van der Waals surface area contributed by atoms with Gasteiger partial charge < -0.3 is 19.7 Å². The Morgan fingerprint density at radius 3 is 2.57 bits per heavy atom. The molecule has 1 saturated heterocycles. The van der Waals surface area contributed by atoms with E-state index in [0.717, 1.165) is 39.1 Å². The van der Waals surface area contributed by atoms with Gasteiger partial charge in [-0.3, -0.25) is 10.1 Å². The standard InChI is InChI=1S/C14H19N3O4/c1-2-5-15-6-8-16(9-7-15)11-3-4-13(17(20)21)12(10-11)14(18)19/h3-4,10H,2,5-9H2,1H3,(H,18,19). The molecule has 0 aromatic heterocycles. The first kappa shape index (κ1) is 15.2. The van der Waals surface area contributed by atoms with E-state index in [2.05, 4.69) is 11.8 Å². The lowest BCUT2D eigenvalue weighted by Gasteiger charge is -2.33. The second-order valence-electron chi connectivity index (χ2n) is 5.23. The van der Waals surface area contributed by atoms with Crippen LogP contribution in [0, 0.1) is 10.1 Å². The zero-order chi connectivity index (χ0) is 15.4. The molecule has 7 heteroatoms. The van der Waals surface area contributed by atoms with E-state index in [-0.39, 0.29) is 5.56 Å². The van der Waals surface area contributed by atoms with Crippen LogP contribution < -0.4 is 14.9 Å². The van der Waals surface area contributed by atoms with Crippen molar-refractivity contribution in [3.8, 4) is 0 Å². The van der Waals surface area contributed by atoms with E-state index in [1.165, 1.54) is 17.0 Å². The average molecular weight is 293 g/mol. The Hall–Kier alpha value is -2.15. The summed E-state index contributed by atoms with van der Waals surface area (Å²) in [6.07, 6.45) is 1.14. The molecule has 7 nitrogen and oxygen atoms in total. The summed E-state index contributed by atoms with van der Waals surface area (Å²) < 4.78 is 0. The van der Waals surface area contributed by atoms with Gasteiger partial charge in [0.25, 0.3) is 5.69 Å². The summed E-state index contributed by atoms with van der Waals surface area (Å²) in [5, 5.41) is 21.9. The van der Waals surface area contributed by atoms with Crippen LogP contribution in [0.15, 0.2) is 18.2 Å². The number of nitrogens with zero attached hydrogens (tertiary/aromatic N) is 2. The number of piperazine rings is 1. The van der Waals surface area contributed by atoms with Crippen LogP contribution in [0.2, 0.25) is 0 Å². The van der Waals surface area contributed by atoms with Crippen molar-refractivity contribution in [1.82, 2.24) is 0 Å². The first-order chi connectivity index (χ1) is 10.0. The number of hydrogen-bond acceptors (Lipinski definition) is 5. The van der Waals surface area contributed by atoms with Gasteiger partial charge in [-0.25, -0.2) is 0 Å². The Bertz CT molecular complexity index is 539. The van der Waals surface area contributed by atoms with Crippen LogP contribution in [0.5, 0.6) is 0 Å². The van der Waals surface area contributed by atoms with E-state index in [1.54, 1.807) is 6.07 Å². The van der Waals surface area contributed by atoms with E-state index in [0.29, 0.717) is 5.69 Å². The molecule has 1 fully saturated rings. The van der Waals surface area contributed by atoms with Crippen molar-refractivity contribution in [2.45, 2.75) is 13.3 Å². The summed E-state index contributed by atoms with van der Waals surface area (Å²) in [6.45, 7) is 6.91. The third-order valence-electron chi connectivity index (χ3n) is 3.84. The third-order valence-corrected chi connectivity index (χ3v) is 3.84. The number of carbonyl (C=O) groups is 1. The van der Waals surface area contributed by atoms with E-state index >= 15 is 0 Å². The molecule has 1 heterocycles. The molecule has 0 unspecified atom stereocenters. The first-order valence-corrected chi connectivity index (χ1v) is 7.11. The van der Waals surface area contributed by atoms with Crippen molar-refractivity contribution >= 4 is 17.3 Å². The quantitative estimate of drug-likeness (QED) is 0.559. The number of quaternary nitrogens is 1. The summed E-state index contributed by atoms with van der Waals surface area (Å²) >= 11 is 0. The van der Waals surface area contributed by atoms with Gasteiger partial charge in [0.2, 0.25) is 0 Å². The molecule has 0 saturated carbocycles. The van der Waals surface area contributed by atoms with Gasteiger partial charge >= 0.3 is 0 Å². The van der Waals surface area contributed by atoms with Gasteiger partial charge in [0, 0.05) is 11.8 Å². The van der Waals surface area contributed by atoms with Gasteiger partial charge in [-0.1, -0.05) is 6.92 Å². The van der Waals surface area contributed by atoms with Gasteiger partial charge in [-0.05, 0) is 18.6 Å². The Kier molecular flexibility index (Phi) is 4.74. The van der Waals surface area contributed by atoms with E-state index in [4.69, 9.17) is 0 Å². The van der Waals surface area contributed by atoms with Crippen LogP contribution in [-0.4, -0.2) is 43.6 Å². The maximum atomic E-state index is 11.1. The predicted octanol–water partition coefficient (Wildman–Crippen LogP) is -0.927. The molecule has 0 atom stereocenters. The summed E-state index contributed by atoms with van der Waals surface area (Å²) in [7, 11) is 0. The Morgan fingerprint density at radius 2 is 2.05 bits per heavy atom. The molecule has 0 spiro atoms. The van der Waals surface area contributed by atoms with Crippen molar-refractivity contribution in [2.24, 2.45) is 0 Å². The zero-order valence-corrected chi connectivity index (χ0v) is 12.0. The molecule has 2 rings (SSSR count). The van der Waals surface area contributed by atoms with Gasteiger partial charge in [0.1, 0.15) is 0 Å². The van der Waals surface area contributed by atoms with E-state index in [1.807, 2.05) is 0 Å². The molecule has 1 aliphatic heterocycles. The molecule has 0 amide bonds. The number of carbonyl (C=O) groups excluding carboxylic acids is 1. The number of aromatic carboxylic acids is 1. The highest BCUT2D eigenvalue weighted by Gasteiger charge is 2.22. The van der Waals surface area contributed by atoms with Crippen LogP contribution in [0.4, 0.5) is 11.4 Å². The summed E-state index contributed by atoms with van der Waals surface area (Å²) in [5.74, 6) is -1.52. The number of rotatable bonds is 5. The highest BCUT2D eigenvalue weighted by Crippen LogP contribution is 2.24. The molecule has 1 N–H and O–H groups in total. The van der Waals surface area contributed by atoms with Crippen LogP contribution >= 0.6 is 0 Å². The topological polar surface area (TPSA) is 91.0 Å². The lowest BCUT2D eigenvalue weighted by Crippen LogP contribution is -3.14. The third kappa shape index (κ3) is 3.49. The maximum absolute atomic E-state index is 11.1. The lowest BCUT2D eigenvalue weighted by atomic mass is 10.1. The van der Waals surface area contributed by atoms with Crippen molar-refractivity contribution in [3.05, 3.63) is 33.9 Å². The number of nitrogens with one attached hydrogen (secondary N) is 1. The molecule has 1 aromatic carbocycles. The van der Waals surface area contributed by atoms with Crippen molar-refractivity contribution in [2.75, 3.05) is 37.6 Å². The summed E-state index contributed by atoms with van der Waals surface area (Å²) in [5.41, 5.74) is -0.0785. The number of hydrogen-bond donors (Lipinski definition) is 1. The number of anilines is 1. The second-order valence-corrected chi connectivity index (χ2v) is 5.23. The average Bonchev–Trinajstić information content (AvgIpc) is 2.47. The Balaban J connectivity index is 2.16. The normalized spacial score (nSPS) is 16.0. The predicted molar refractivity (Wildman–Crippen MR) is 75.5 cm³/mol. The lowest BCUT2D eigenvalue weighted by molar-refractivity contribution is -0.900. The number of carboxylic acid groups (broad SMARTS) is 1. The van der Waals surface area contributed by atoms with Crippen molar-refractivity contribution in [3.63, 3.8) is 0 Å². The fraction of sp³-hybridized carbons (Fsp3) is 0.500. The van der Waals surface area contributed by atoms with E-state index in [9.17, 15) is 20.0 Å². The maximum Gasteiger partial charge on any atom is 0.278 e. The molecule has 21 heavy (non-hydrogen) atoms. The smallest absolute Gasteiger partial charge is 0.278 e. The van der Waals surface area contributed by atoms with Crippen LogP contribution in [-0.2, 0) is 0 Å². The largest absolute Gasteiger partial charge is 0.545 e. The summed E-state index contributed by atoms with van der Waals surface area (Å²) in [6, 6.07) is 4.19. The first-order valence-electron chi connectivity index (χ1n) is 7.11. The van der Waals surface area contributed by atoms with Crippen molar-refractivity contribution < 1.29 is 19.7 Å². The number of nitro benzene ring substituents is 1. The molecule has 0 radical (unpaired) electrons. The molecule has 0 bridgehead atoms. The minimum absolute atomic E-state index is 0.360. The monoisotopic (exact) mass is 293 g/mol. The minimum atomic E-state index is -1.52. The van der Waals surface area contributed by atoms with Gasteiger partial charge in [-0.15, -0.1) is 0 Å². The molecule has 0 aliphatic carbocycles. The second kappa shape index (κ2) is 6.53. The fourth-order valence-electron chi connectivity index (χ4n) is 2.73.